The van der Waals surface area contributed by atoms with Crippen LogP contribution in [0, 0.1) is 0 Å². The molecule has 1 unspecified atom stereocenters. The van der Waals surface area contributed by atoms with Crippen molar-refractivity contribution in [1.82, 2.24) is 0 Å². The van der Waals surface area contributed by atoms with Crippen LogP contribution in [0.4, 0.5) is 18.9 Å². The number of thioether (sulfide) groups is 1. The highest BCUT2D eigenvalue weighted by molar-refractivity contribution is 8.00. The lowest BCUT2D eigenvalue weighted by molar-refractivity contribution is -0.137. The molecule has 0 saturated carbocycles. The number of alkyl halides is 3. The van der Waals surface area contributed by atoms with Crippen LogP contribution in [0.15, 0.2) is 47.4 Å². The minimum absolute atomic E-state index is 0.112. The van der Waals surface area contributed by atoms with E-state index in [1.807, 2.05) is 6.07 Å². The highest BCUT2D eigenvalue weighted by atomic mass is 32.2. The Bertz CT molecular complexity index is 826. The molecule has 1 amide bonds. The third-order valence-electron chi connectivity index (χ3n) is 3.86. The fourth-order valence-corrected chi connectivity index (χ4v) is 3.39. The van der Waals surface area contributed by atoms with Crippen molar-refractivity contribution in [1.29, 1.82) is 0 Å². The van der Waals surface area contributed by atoms with Crippen LogP contribution in [0.5, 0.6) is 11.5 Å². The van der Waals surface area contributed by atoms with Crippen LogP contribution in [0.25, 0.3) is 0 Å². The number of halogens is 3. The van der Waals surface area contributed by atoms with Crippen molar-refractivity contribution < 1.29 is 27.4 Å². The zero-order valence-electron chi connectivity index (χ0n) is 14.5. The molecule has 3 rings (SSSR count). The molecule has 144 valence electrons. The van der Waals surface area contributed by atoms with Gasteiger partial charge in [-0.1, -0.05) is 6.07 Å². The van der Waals surface area contributed by atoms with Gasteiger partial charge in [-0.2, -0.15) is 13.2 Å². The Hall–Kier alpha value is -2.35. The first-order valence-electron chi connectivity index (χ1n) is 8.37. The second-order valence-electron chi connectivity index (χ2n) is 5.99. The number of carbonyl (C=O) groups excluding carboxylic acids is 1. The van der Waals surface area contributed by atoms with Gasteiger partial charge >= 0.3 is 6.18 Å². The van der Waals surface area contributed by atoms with Crippen molar-refractivity contribution >= 4 is 23.4 Å². The fourth-order valence-electron chi connectivity index (χ4n) is 2.49. The molecule has 1 heterocycles. The highest BCUT2D eigenvalue weighted by Gasteiger charge is 2.30. The summed E-state index contributed by atoms with van der Waals surface area (Å²) in [4.78, 5) is 13.2. The first-order chi connectivity index (χ1) is 12.8. The molecule has 8 heteroatoms. The number of hydrogen-bond donors (Lipinski definition) is 1. The number of ether oxygens (including phenoxy) is 2. The SMILES string of the molecule is CC(Sc1ccc2c(c1)OCCCO2)C(=O)Nc1cccc(C(F)(F)F)c1. The van der Waals surface area contributed by atoms with Crippen molar-refractivity contribution in [2.45, 2.75) is 29.7 Å². The van der Waals surface area contributed by atoms with Crippen molar-refractivity contribution in [3.05, 3.63) is 48.0 Å². The van der Waals surface area contributed by atoms with Crippen LogP contribution in [-0.4, -0.2) is 24.4 Å². The third kappa shape index (κ3) is 5.09. The Labute approximate surface area is 159 Å². The molecule has 0 spiro atoms. The summed E-state index contributed by atoms with van der Waals surface area (Å²) in [7, 11) is 0. The van der Waals surface area contributed by atoms with Crippen molar-refractivity contribution in [3.63, 3.8) is 0 Å². The topological polar surface area (TPSA) is 47.6 Å². The molecule has 0 bridgehead atoms. The molecule has 1 atom stereocenters. The summed E-state index contributed by atoms with van der Waals surface area (Å²) in [6.45, 7) is 2.85. The second kappa shape index (κ2) is 8.12. The summed E-state index contributed by atoms with van der Waals surface area (Å²) in [6, 6.07) is 10.00. The molecule has 0 aromatic heterocycles. The molecule has 2 aromatic rings. The zero-order valence-corrected chi connectivity index (χ0v) is 15.3. The maximum atomic E-state index is 12.8. The van der Waals surface area contributed by atoms with Crippen molar-refractivity contribution in [3.8, 4) is 11.5 Å². The average molecular weight is 397 g/mol. The molecule has 0 radical (unpaired) electrons. The molecular weight excluding hydrogens is 379 g/mol. The van der Waals surface area contributed by atoms with Gasteiger partial charge in [-0.05, 0) is 43.3 Å². The molecule has 0 aliphatic carbocycles. The first kappa shape index (κ1) is 19.4. The third-order valence-corrected chi connectivity index (χ3v) is 4.95. The molecular formula is C19H18F3NO3S. The van der Waals surface area contributed by atoms with E-state index in [0.29, 0.717) is 24.7 Å². The van der Waals surface area contributed by atoms with E-state index in [0.717, 1.165) is 23.4 Å². The van der Waals surface area contributed by atoms with Gasteiger partial charge in [0.15, 0.2) is 11.5 Å². The fraction of sp³-hybridized carbons (Fsp3) is 0.316. The van der Waals surface area contributed by atoms with Crippen LogP contribution in [-0.2, 0) is 11.0 Å². The second-order valence-corrected chi connectivity index (χ2v) is 7.40. The van der Waals surface area contributed by atoms with Crippen LogP contribution < -0.4 is 14.8 Å². The standard InChI is InChI=1S/C19H18F3NO3S/c1-12(18(24)23-14-5-2-4-13(10-14)19(20,21)22)27-15-6-7-16-17(11-15)26-9-3-8-25-16/h2,4-7,10-12H,3,8-9H2,1H3,(H,23,24). The predicted molar refractivity (Wildman–Crippen MR) is 97.4 cm³/mol. The average Bonchev–Trinajstić information content (AvgIpc) is 2.86. The van der Waals surface area contributed by atoms with Gasteiger partial charge in [0.2, 0.25) is 5.91 Å². The Balaban J connectivity index is 1.65. The Morgan fingerprint density at radius 1 is 1.11 bits per heavy atom. The molecule has 0 saturated heterocycles. The quantitative estimate of drug-likeness (QED) is 0.739. The van der Waals surface area contributed by atoms with Gasteiger partial charge in [-0.15, -0.1) is 11.8 Å². The van der Waals surface area contributed by atoms with Crippen molar-refractivity contribution in [2.24, 2.45) is 0 Å². The van der Waals surface area contributed by atoms with E-state index >= 15 is 0 Å². The van der Waals surface area contributed by atoms with Crippen LogP contribution in [0.2, 0.25) is 0 Å². The van der Waals surface area contributed by atoms with Crippen LogP contribution >= 0.6 is 11.8 Å². The van der Waals surface area contributed by atoms with Gasteiger partial charge in [-0.25, -0.2) is 0 Å². The predicted octanol–water partition coefficient (Wildman–Crippen LogP) is 4.99. The molecule has 1 N–H and O–H groups in total. The summed E-state index contributed by atoms with van der Waals surface area (Å²) in [6.07, 6.45) is -3.65. The number of carbonyl (C=O) groups is 1. The molecule has 0 fully saturated rings. The molecule has 27 heavy (non-hydrogen) atoms. The van der Waals surface area contributed by atoms with E-state index in [1.165, 1.54) is 23.9 Å². The van der Waals surface area contributed by atoms with Crippen LogP contribution in [0.1, 0.15) is 18.9 Å². The normalized spacial score (nSPS) is 15.0. The maximum Gasteiger partial charge on any atom is 0.416 e. The maximum absolute atomic E-state index is 12.8. The Kier molecular flexibility index (Phi) is 5.84. The van der Waals surface area contributed by atoms with E-state index in [9.17, 15) is 18.0 Å². The van der Waals surface area contributed by atoms with Crippen LogP contribution in [0.3, 0.4) is 0 Å². The van der Waals surface area contributed by atoms with Gasteiger partial charge in [0.1, 0.15) is 0 Å². The molecule has 1 aliphatic rings. The zero-order chi connectivity index (χ0) is 19.4. The highest BCUT2D eigenvalue weighted by Crippen LogP contribution is 2.35. The molecule has 2 aromatic carbocycles. The van der Waals surface area contributed by atoms with E-state index in [-0.39, 0.29) is 11.6 Å². The number of amides is 1. The number of hydrogen-bond acceptors (Lipinski definition) is 4. The van der Waals surface area contributed by atoms with E-state index in [2.05, 4.69) is 5.32 Å². The largest absolute Gasteiger partial charge is 0.490 e. The van der Waals surface area contributed by atoms with Crippen molar-refractivity contribution in [2.75, 3.05) is 18.5 Å². The van der Waals surface area contributed by atoms with Gasteiger partial charge in [0.05, 0.1) is 24.0 Å². The van der Waals surface area contributed by atoms with E-state index in [4.69, 9.17) is 9.47 Å². The van der Waals surface area contributed by atoms with E-state index in [1.54, 1.807) is 19.1 Å². The molecule has 1 aliphatic heterocycles. The minimum atomic E-state index is -4.45. The van der Waals surface area contributed by atoms with Gasteiger partial charge in [0.25, 0.3) is 0 Å². The summed E-state index contributed by atoms with van der Waals surface area (Å²) in [5, 5.41) is 2.02. The number of fused-ring (bicyclic) bond motifs is 1. The lowest BCUT2D eigenvalue weighted by Crippen LogP contribution is -2.22. The van der Waals surface area contributed by atoms with Gasteiger partial charge in [0, 0.05) is 17.0 Å². The lowest BCUT2D eigenvalue weighted by atomic mass is 10.2. The summed E-state index contributed by atoms with van der Waals surface area (Å²) in [5.41, 5.74) is -0.690. The smallest absolute Gasteiger partial charge is 0.416 e. The summed E-state index contributed by atoms with van der Waals surface area (Å²) < 4.78 is 49.5. The Morgan fingerprint density at radius 3 is 2.59 bits per heavy atom. The Morgan fingerprint density at radius 2 is 1.85 bits per heavy atom. The van der Waals surface area contributed by atoms with E-state index < -0.39 is 17.0 Å². The van der Waals surface area contributed by atoms with Gasteiger partial charge in [-0.3, -0.25) is 4.79 Å². The summed E-state index contributed by atoms with van der Waals surface area (Å²) >= 11 is 1.29. The number of nitrogens with one attached hydrogen (secondary N) is 1. The summed E-state index contributed by atoms with van der Waals surface area (Å²) in [5.74, 6) is 0.910. The first-order valence-corrected chi connectivity index (χ1v) is 9.25. The number of rotatable bonds is 4. The number of anilines is 1. The lowest BCUT2D eigenvalue weighted by Gasteiger charge is -2.14. The van der Waals surface area contributed by atoms with Gasteiger partial charge < -0.3 is 14.8 Å². The minimum Gasteiger partial charge on any atom is -0.490 e. The molecule has 4 nitrogen and oxygen atoms in total. The monoisotopic (exact) mass is 397 g/mol. The number of benzene rings is 2.